The van der Waals surface area contributed by atoms with Gasteiger partial charge in [-0.3, -0.25) is 9.78 Å². The van der Waals surface area contributed by atoms with E-state index < -0.39 is 0 Å². The van der Waals surface area contributed by atoms with Crippen molar-refractivity contribution < 1.29 is 4.79 Å². The predicted octanol–water partition coefficient (Wildman–Crippen LogP) is 2.96. The van der Waals surface area contributed by atoms with Gasteiger partial charge in [-0.1, -0.05) is 18.2 Å². The fraction of sp³-hybridized carbons (Fsp3) is 0. The molecule has 1 aliphatic rings. The molecule has 0 fully saturated rings. The molecule has 0 atom stereocenters. The first-order valence-electron chi connectivity index (χ1n) is 5.11. The van der Waals surface area contributed by atoms with Crippen molar-refractivity contribution in [2.45, 2.75) is 0 Å². The molecule has 0 radical (unpaired) electrons. The van der Waals surface area contributed by atoms with Gasteiger partial charge in [-0.2, -0.15) is 0 Å². The summed E-state index contributed by atoms with van der Waals surface area (Å²) in [6.07, 6.45) is 7.04. The maximum atomic E-state index is 11.4. The number of fused-ring (bicyclic) bond motifs is 1. The second kappa shape index (κ2) is 3.42. The molecule has 3 rings (SSSR count). The SMILES string of the molecule is O=C1C=Cc2cc(-c3cccnc3)ccc21. The van der Waals surface area contributed by atoms with Gasteiger partial charge >= 0.3 is 0 Å². The molecule has 0 saturated heterocycles. The second-order valence-corrected chi connectivity index (χ2v) is 3.74. The number of hydrogen-bond donors (Lipinski definition) is 0. The highest BCUT2D eigenvalue weighted by atomic mass is 16.1. The Morgan fingerprint density at radius 3 is 2.75 bits per heavy atom. The van der Waals surface area contributed by atoms with Crippen LogP contribution < -0.4 is 0 Å². The van der Waals surface area contributed by atoms with Crippen molar-refractivity contribution in [3.05, 3.63) is 59.9 Å². The van der Waals surface area contributed by atoms with E-state index in [2.05, 4.69) is 4.98 Å². The van der Waals surface area contributed by atoms with Gasteiger partial charge in [-0.25, -0.2) is 0 Å². The molecule has 16 heavy (non-hydrogen) atoms. The minimum atomic E-state index is 0.0905. The van der Waals surface area contributed by atoms with Crippen LogP contribution in [0, 0.1) is 0 Å². The van der Waals surface area contributed by atoms with Crippen molar-refractivity contribution in [2.24, 2.45) is 0 Å². The zero-order valence-corrected chi connectivity index (χ0v) is 8.55. The summed E-state index contributed by atoms with van der Waals surface area (Å²) in [6.45, 7) is 0. The molecule has 0 amide bonds. The van der Waals surface area contributed by atoms with E-state index in [0.29, 0.717) is 0 Å². The third-order valence-electron chi connectivity index (χ3n) is 2.73. The van der Waals surface area contributed by atoms with Gasteiger partial charge in [0, 0.05) is 23.5 Å². The molecule has 0 aliphatic heterocycles. The van der Waals surface area contributed by atoms with Crippen LogP contribution in [0.15, 0.2) is 48.8 Å². The highest BCUT2D eigenvalue weighted by molar-refractivity contribution is 6.14. The lowest BCUT2D eigenvalue weighted by atomic mass is 10.0. The average Bonchev–Trinajstić information content (AvgIpc) is 2.72. The van der Waals surface area contributed by atoms with Gasteiger partial charge in [0.25, 0.3) is 0 Å². The van der Waals surface area contributed by atoms with Crippen LogP contribution >= 0.6 is 0 Å². The van der Waals surface area contributed by atoms with E-state index in [1.807, 2.05) is 42.6 Å². The van der Waals surface area contributed by atoms with Crippen molar-refractivity contribution in [3.63, 3.8) is 0 Å². The van der Waals surface area contributed by atoms with E-state index in [-0.39, 0.29) is 5.78 Å². The van der Waals surface area contributed by atoms with Crippen LogP contribution in [0.1, 0.15) is 15.9 Å². The molecule has 2 nitrogen and oxygen atoms in total. The van der Waals surface area contributed by atoms with Crippen molar-refractivity contribution in [3.8, 4) is 11.1 Å². The predicted molar refractivity (Wildman–Crippen MR) is 63.0 cm³/mol. The maximum absolute atomic E-state index is 11.4. The van der Waals surface area contributed by atoms with Crippen LogP contribution in [0.25, 0.3) is 17.2 Å². The molecule has 1 aromatic heterocycles. The Morgan fingerprint density at radius 1 is 1.00 bits per heavy atom. The minimum absolute atomic E-state index is 0.0905. The number of hydrogen-bond acceptors (Lipinski definition) is 2. The summed E-state index contributed by atoms with van der Waals surface area (Å²) in [5.41, 5.74) is 3.93. The summed E-state index contributed by atoms with van der Waals surface area (Å²) in [4.78, 5) is 15.5. The fourth-order valence-electron chi connectivity index (χ4n) is 1.89. The molecule has 0 N–H and O–H groups in total. The molecule has 0 saturated carbocycles. The van der Waals surface area contributed by atoms with Gasteiger partial charge in [-0.05, 0) is 35.4 Å². The second-order valence-electron chi connectivity index (χ2n) is 3.74. The average molecular weight is 207 g/mol. The smallest absolute Gasteiger partial charge is 0.186 e. The molecule has 1 heterocycles. The fourth-order valence-corrected chi connectivity index (χ4v) is 1.89. The molecule has 0 spiro atoms. The topological polar surface area (TPSA) is 30.0 Å². The highest BCUT2D eigenvalue weighted by Crippen LogP contribution is 2.26. The summed E-state index contributed by atoms with van der Waals surface area (Å²) < 4.78 is 0. The van der Waals surface area contributed by atoms with Crippen LogP contribution in [0.5, 0.6) is 0 Å². The lowest BCUT2D eigenvalue weighted by Gasteiger charge is -2.03. The van der Waals surface area contributed by atoms with E-state index >= 15 is 0 Å². The molecule has 0 unspecified atom stereocenters. The number of ketones is 1. The molecular weight excluding hydrogens is 198 g/mol. The number of aromatic nitrogens is 1. The van der Waals surface area contributed by atoms with Gasteiger partial charge < -0.3 is 0 Å². The first kappa shape index (κ1) is 9.04. The Hall–Kier alpha value is -2.22. The number of allylic oxidation sites excluding steroid dienone is 1. The molecular formula is C14H9NO. The van der Waals surface area contributed by atoms with Crippen molar-refractivity contribution in [1.29, 1.82) is 0 Å². The van der Waals surface area contributed by atoms with Gasteiger partial charge in [-0.15, -0.1) is 0 Å². The summed E-state index contributed by atoms with van der Waals surface area (Å²) in [5.74, 6) is 0.0905. The van der Waals surface area contributed by atoms with Gasteiger partial charge in [0.05, 0.1) is 0 Å². The molecule has 2 heteroatoms. The van der Waals surface area contributed by atoms with Crippen molar-refractivity contribution in [2.75, 3.05) is 0 Å². The van der Waals surface area contributed by atoms with Crippen molar-refractivity contribution in [1.82, 2.24) is 4.98 Å². The zero-order chi connectivity index (χ0) is 11.0. The molecule has 2 aromatic rings. The van der Waals surface area contributed by atoms with E-state index in [1.165, 1.54) is 0 Å². The quantitative estimate of drug-likeness (QED) is 0.719. The monoisotopic (exact) mass is 207 g/mol. The van der Waals surface area contributed by atoms with Crippen LogP contribution in [0.4, 0.5) is 0 Å². The highest BCUT2D eigenvalue weighted by Gasteiger charge is 2.13. The number of carbonyl (C=O) groups excluding carboxylic acids is 1. The molecule has 76 valence electrons. The Balaban J connectivity index is 2.12. The summed E-state index contributed by atoms with van der Waals surface area (Å²) in [6, 6.07) is 9.77. The third kappa shape index (κ3) is 1.36. The normalized spacial score (nSPS) is 12.9. The van der Waals surface area contributed by atoms with Crippen LogP contribution in [-0.4, -0.2) is 10.8 Å². The standard InChI is InChI=1S/C14H9NO/c16-14-6-4-11-8-10(3-5-13(11)14)12-2-1-7-15-9-12/h1-9H. The number of benzene rings is 1. The van der Waals surface area contributed by atoms with E-state index in [4.69, 9.17) is 0 Å². The number of carbonyl (C=O) groups is 1. The molecule has 1 aromatic carbocycles. The lowest BCUT2D eigenvalue weighted by Crippen LogP contribution is -1.91. The van der Waals surface area contributed by atoms with Gasteiger partial charge in [0.2, 0.25) is 0 Å². The number of nitrogens with zero attached hydrogens (tertiary/aromatic N) is 1. The van der Waals surface area contributed by atoms with Crippen molar-refractivity contribution >= 4 is 11.9 Å². The number of pyridine rings is 1. The Kier molecular flexibility index (Phi) is 1.93. The van der Waals surface area contributed by atoms with Gasteiger partial charge in [0.1, 0.15) is 0 Å². The Labute approximate surface area is 93.3 Å². The van der Waals surface area contributed by atoms with Crippen LogP contribution in [-0.2, 0) is 0 Å². The van der Waals surface area contributed by atoms with E-state index in [0.717, 1.165) is 22.3 Å². The first-order chi connectivity index (χ1) is 7.84. The largest absolute Gasteiger partial charge is 0.289 e. The molecule has 0 bridgehead atoms. The Bertz CT molecular complexity index is 585. The summed E-state index contributed by atoms with van der Waals surface area (Å²) in [5, 5.41) is 0. The van der Waals surface area contributed by atoms with Gasteiger partial charge in [0.15, 0.2) is 5.78 Å². The zero-order valence-electron chi connectivity index (χ0n) is 8.55. The number of rotatable bonds is 1. The van der Waals surface area contributed by atoms with E-state index in [9.17, 15) is 4.79 Å². The van der Waals surface area contributed by atoms with Crippen LogP contribution in [0.3, 0.4) is 0 Å². The maximum Gasteiger partial charge on any atom is 0.186 e. The Morgan fingerprint density at radius 2 is 1.94 bits per heavy atom. The summed E-state index contributed by atoms with van der Waals surface area (Å²) >= 11 is 0. The van der Waals surface area contributed by atoms with Crippen LogP contribution in [0.2, 0.25) is 0 Å². The first-order valence-corrected chi connectivity index (χ1v) is 5.11. The van der Waals surface area contributed by atoms with E-state index in [1.54, 1.807) is 12.3 Å². The molecule has 1 aliphatic carbocycles. The minimum Gasteiger partial charge on any atom is -0.289 e. The third-order valence-corrected chi connectivity index (χ3v) is 2.73. The lowest BCUT2D eigenvalue weighted by molar-refractivity contribution is 0.105. The summed E-state index contributed by atoms with van der Waals surface area (Å²) in [7, 11) is 0.